The van der Waals surface area contributed by atoms with Crippen LogP contribution in [-0.2, 0) is 16.6 Å². The van der Waals surface area contributed by atoms with E-state index in [0.29, 0.717) is 5.82 Å². The van der Waals surface area contributed by atoms with Crippen molar-refractivity contribution in [2.45, 2.75) is 30.7 Å². The van der Waals surface area contributed by atoms with Gasteiger partial charge in [0.05, 0.1) is 11.4 Å². The standard InChI is InChI=1S/C20H22N4O2S/c25-27(26,18-9-8-16-6-2-3-7-17(16)14-18)22-15-19-21-11-10-20(23-19)24-12-4-1-5-13-24/h2-3,6-11,14,22H,1,4-5,12-13,15H2. The molecule has 6 nitrogen and oxygen atoms in total. The minimum Gasteiger partial charge on any atom is -0.357 e. The van der Waals surface area contributed by atoms with Gasteiger partial charge in [-0.3, -0.25) is 0 Å². The molecule has 1 aliphatic rings. The molecule has 0 bridgehead atoms. The Balaban J connectivity index is 1.49. The predicted molar refractivity (Wildman–Crippen MR) is 106 cm³/mol. The van der Waals surface area contributed by atoms with Crippen LogP contribution in [0, 0.1) is 0 Å². The minimum absolute atomic E-state index is 0.0663. The Hall–Kier alpha value is -2.51. The smallest absolute Gasteiger partial charge is 0.240 e. The average Bonchev–Trinajstić information content (AvgIpc) is 2.73. The Morgan fingerprint density at radius 2 is 1.74 bits per heavy atom. The lowest BCUT2D eigenvalue weighted by molar-refractivity contribution is 0.569. The van der Waals surface area contributed by atoms with Crippen molar-refractivity contribution in [1.82, 2.24) is 14.7 Å². The van der Waals surface area contributed by atoms with E-state index >= 15 is 0 Å². The average molecular weight is 382 g/mol. The highest BCUT2D eigenvalue weighted by Gasteiger charge is 2.16. The molecular formula is C20H22N4O2S. The van der Waals surface area contributed by atoms with Gasteiger partial charge in [0.2, 0.25) is 10.0 Å². The molecule has 1 saturated heterocycles. The molecule has 1 aliphatic heterocycles. The summed E-state index contributed by atoms with van der Waals surface area (Å²) in [6, 6.07) is 14.7. The Bertz CT molecular complexity index is 1050. The number of nitrogens with one attached hydrogen (secondary N) is 1. The molecule has 27 heavy (non-hydrogen) atoms. The minimum atomic E-state index is -3.63. The summed E-state index contributed by atoms with van der Waals surface area (Å²) in [5.41, 5.74) is 0. The molecule has 0 spiro atoms. The van der Waals surface area contributed by atoms with Gasteiger partial charge in [0.15, 0.2) is 0 Å². The third kappa shape index (κ3) is 4.09. The highest BCUT2D eigenvalue weighted by molar-refractivity contribution is 7.89. The fourth-order valence-electron chi connectivity index (χ4n) is 3.35. The first-order chi connectivity index (χ1) is 13.1. The van der Waals surface area contributed by atoms with E-state index in [2.05, 4.69) is 19.6 Å². The van der Waals surface area contributed by atoms with Crippen molar-refractivity contribution in [2.24, 2.45) is 0 Å². The third-order valence-electron chi connectivity index (χ3n) is 4.82. The molecule has 0 atom stereocenters. The normalized spacial score (nSPS) is 15.2. The van der Waals surface area contributed by atoms with Gasteiger partial charge in [0.25, 0.3) is 0 Å². The second kappa shape index (κ2) is 7.62. The molecule has 0 saturated carbocycles. The summed E-state index contributed by atoms with van der Waals surface area (Å²) in [5.74, 6) is 1.34. The van der Waals surface area contributed by atoms with E-state index < -0.39 is 10.0 Å². The van der Waals surface area contributed by atoms with Crippen molar-refractivity contribution in [1.29, 1.82) is 0 Å². The summed E-state index contributed by atoms with van der Waals surface area (Å²) in [6.07, 6.45) is 5.26. The van der Waals surface area contributed by atoms with E-state index in [-0.39, 0.29) is 11.4 Å². The van der Waals surface area contributed by atoms with Crippen LogP contribution in [0.1, 0.15) is 25.1 Å². The Kier molecular flexibility index (Phi) is 5.05. The van der Waals surface area contributed by atoms with Gasteiger partial charge in [0, 0.05) is 19.3 Å². The number of anilines is 1. The van der Waals surface area contributed by atoms with E-state index in [1.807, 2.05) is 36.4 Å². The van der Waals surface area contributed by atoms with Crippen molar-refractivity contribution in [3.8, 4) is 0 Å². The molecule has 2 aromatic carbocycles. The molecule has 1 aromatic heterocycles. The first-order valence-electron chi connectivity index (χ1n) is 9.17. The lowest BCUT2D eigenvalue weighted by atomic mass is 10.1. The predicted octanol–water partition coefficient (Wildman–Crippen LogP) is 3.10. The maximum absolute atomic E-state index is 12.7. The Labute approximate surface area is 159 Å². The van der Waals surface area contributed by atoms with Gasteiger partial charge in [-0.1, -0.05) is 30.3 Å². The largest absolute Gasteiger partial charge is 0.357 e. The molecule has 0 amide bonds. The topological polar surface area (TPSA) is 75.2 Å². The number of hydrogen-bond donors (Lipinski definition) is 1. The van der Waals surface area contributed by atoms with E-state index in [1.165, 1.54) is 6.42 Å². The van der Waals surface area contributed by atoms with Gasteiger partial charge in [-0.15, -0.1) is 0 Å². The zero-order valence-corrected chi connectivity index (χ0v) is 15.8. The molecular weight excluding hydrogens is 360 g/mol. The number of piperidine rings is 1. The second-order valence-electron chi connectivity index (χ2n) is 6.71. The van der Waals surface area contributed by atoms with Crippen LogP contribution in [0.4, 0.5) is 5.82 Å². The molecule has 0 radical (unpaired) electrons. The molecule has 0 aliphatic carbocycles. The molecule has 3 aromatic rings. The van der Waals surface area contributed by atoms with Gasteiger partial charge < -0.3 is 4.90 Å². The second-order valence-corrected chi connectivity index (χ2v) is 8.48. The quantitative estimate of drug-likeness (QED) is 0.734. The van der Waals surface area contributed by atoms with Crippen molar-refractivity contribution >= 4 is 26.6 Å². The van der Waals surface area contributed by atoms with Crippen molar-refractivity contribution in [2.75, 3.05) is 18.0 Å². The third-order valence-corrected chi connectivity index (χ3v) is 6.22. The van der Waals surface area contributed by atoms with Gasteiger partial charge in [-0.05, 0) is 48.2 Å². The van der Waals surface area contributed by atoms with Crippen LogP contribution in [0.2, 0.25) is 0 Å². The zero-order valence-electron chi connectivity index (χ0n) is 15.0. The van der Waals surface area contributed by atoms with E-state index in [9.17, 15) is 8.42 Å². The first-order valence-corrected chi connectivity index (χ1v) is 10.7. The SMILES string of the molecule is O=S(=O)(NCc1nccc(N2CCCCC2)n1)c1ccc2ccccc2c1. The van der Waals surface area contributed by atoms with Crippen LogP contribution in [0.25, 0.3) is 10.8 Å². The molecule has 0 unspecified atom stereocenters. The summed E-state index contributed by atoms with van der Waals surface area (Å²) in [5, 5.41) is 1.90. The van der Waals surface area contributed by atoms with Crippen molar-refractivity contribution in [3.63, 3.8) is 0 Å². The molecule has 1 fully saturated rings. The summed E-state index contributed by atoms with van der Waals surface area (Å²) in [7, 11) is -3.63. The monoisotopic (exact) mass is 382 g/mol. The van der Waals surface area contributed by atoms with Crippen LogP contribution < -0.4 is 9.62 Å². The summed E-state index contributed by atoms with van der Waals surface area (Å²) in [6.45, 7) is 2.04. The summed E-state index contributed by atoms with van der Waals surface area (Å²) in [4.78, 5) is 11.2. The van der Waals surface area contributed by atoms with E-state index in [1.54, 1.807) is 18.3 Å². The van der Waals surface area contributed by atoms with Crippen LogP contribution in [0.15, 0.2) is 59.6 Å². The molecule has 7 heteroatoms. The lowest BCUT2D eigenvalue weighted by Crippen LogP contribution is -2.31. The maximum atomic E-state index is 12.7. The van der Waals surface area contributed by atoms with Crippen LogP contribution in [-0.4, -0.2) is 31.5 Å². The van der Waals surface area contributed by atoms with Crippen molar-refractivity contribution < 1.29 is 8.42 Å². The van der Waals surface area contributed by atoms with Gasteiger partial charge in [-0.25, -0.2) is 23.1 Å². The van der Waals surface area contributed by atoms with Crippen LogP contribution in [0.5, 0.6) is 0 Å². The molecule has 1 N–H and O–H groups in total. The maximum Gasteiger partial charge on any atom is 0.240 e. The summed E-state index contributed by atoms with van der Waals surface area (Å²) >= 11 is 0. The number of nitrogens with zero attached hydrogens (tertiary/aromatic N) is 3. The highest BCUT2D eigenvalue weighted by Crippen LogP contribution is 2.20. The van der Waals surface area contributed by atoms with E-state index in [4.69, 9.17) is 0 Å². The van der Waals surface area contributed by atoms with Gasteiger partial charge >= 0.3 is 0 Å². The molecule has 2 heterocycles. The molecule has 4 rings (SSSR count). The van der Waals surface area contributed by atoms with Crippen LogP contribution in [0.3, 0.4) is 0 Å². The number of fused-ring (bicyclic) bond motifs is 1. The number of benzene rings is 2. The van der Waals surface area contributed by atoms with Gasteiger partial charge in [0.1, 0.15) is 11.6 Å². The number of sulfonamides is 1. The Morgan fingerprint density at radius 1 is 0.963 bits per heavy atom. The van der Waals surface area contributed by atoms with Gasteiger partial charge in [-0.2, -0.15) is 0 Å². The highest BCUT2D eigenvalue weighted by atomic mass is 32.2. The Morgan fingerprint density at radius 3 is 2.56 bits per heavy atom. The van der Waals surface area contributed by atoms with Crippen molar-refractivity contribution in [3.05, 3.63) is 60.6 Å². The first kappa shape index (κ1) is 17.9. The lowest BCUT2D eigenvalue weighted by Gasteiger charge is -2.27. The zero-order chi connectivity index (χ0) is 18.7. The summed E-state index contributed by atoms with van der Waals surface area (Å²) < 4.78 is 27.9. The van der Waals surface area contributed by atoms with Crippen LogP contribution >= 0.6 is 0 Å². The van der Waals surface area contributed by atoms with E-state index in [0.717, 1.165) is 42.5 Å². The number of aromatic nitrogens is 2. The molecule has 140 valence electrons. The number of hydrogen-bond acceptors (Lipinski definition) is 5. The fraction of sp³-hybridized carbons (Fsp3) is 0.300. The number of rotatable bonds is 5. The fourth-order valence-corrected chi connectivity index (χ4v) is 4.37.